The number of hydrogen-bond acceptors (Lipinski definition) is 6. The highest BCUT2D eigenvalue weighted by atomic mass is 35.6. The summed E-state index contributed by atoms with van der Waals surface area (Å²) in [6, 6.07) is 0. The van der Waals surface area contributed by atoms with Gasteiger partial charge in [0.1, 0.15) is 0 Å². The molecule has 0 spiro atoms. The summed E-state index contributed by atoms with van der Waals surface area (Å²) in [5, 5.41) is 0. The van der Waals surface area contributed by atoms with E-state index < -0.39 is 31.5 Å². The van der Waals surface area contributed by atoms with Crippen LogP contribution in [0.25, 0.3) is 0 Å². The molecule has 0 rings (SSSR count). The van der Waals surface area contributed by atoms with Gasteiger partial charge in [0.15, 0.2) is 0 Å². The Morgan fingerprint density at radius 2 is 0.955 bits per heavy atom. The van der Waals surface area contributed by atoms with Crippen molar-refractivity contribution in [1.29, 1.82) is 0 Å². The van der Waals surface area contributed by atoms with Crippen molar-refractivity contribution in [3.8, 4) is 0 Å². The minimum atomic E-state index is -2.38. The van der Waals surface area contributed by atoms with E-state index in [4.69, 9.17) is 69.6 Å². The lowest BCUT2D eigenvalue weighted by atomic mass is 10.5. The second kappa shape index (κ2) is 10.7. The summed E-state index contributed by atoms with van der Waals surface area (Å²) in [7, 11) is 0. The van der Waals surface area contributed by atoms with Gasteiger partial charge in [-0.2, -0.15) is 0 Å². The summed E-state index contributed by atoms with van der Waals surface area (Å²) in [6.07, 6.45) is 0.511. The lowest BCUT2D eigenvalue weighted by Crippen LogP contribution is -2.31. The van der Waals surface area contributed by atoms with Crippen molar-refractivity contribution in [1.82, 2.24) is 0 Å². The van der Waals surface area contributed by atoms with E-state index in [2.05, 4.69) is 9.47 Å². The zero-order valence-corrected chi connectivity index (χ0v) is 15.7. The second-order valence-electron chi connectivity index (χ2n) is 3.23. The average molecular weight is 439 g/mol. The minimum absolute atomic E-state index is 0.256. The minimum Gasteiger partial charge on any atom is -0.393 e. The summed E-state index contributed by atoms with van der Waals surface area (Å²) < 4.78 is 3.41. The molecule has 0 N–H and O–H groups in total. The van der Waals surface area contributed by atoms with Crippen LogP contribution in [0.15, 0.2) is 0 Å². The molecular formula is C10H10Cl6O6. The Bertz CT molecular complexity index is 387. The third-order valence-corrected chi connectivity index (χ3v) is 2.38. The van der Waals surface area contributed by atoms with Crippen molar-refractivity contribution < 1.29 is 28.7 Å². The molecule has 0 fully saturated rings. The molecule has 0 aromatic heterocycles. The van der Waals surface area contributed by atoms with Crippen LogP contribution < -0.4 is 0 Å². The zero-order chi connectivity index (χ0) is 18.1. The van der Waals surface area contributed by atoms with Gasteiger partial charge in [0.2, 0.25) is 0 Å². The standard InChI is InChI=1S/C6H10O3.C4Cl6O3/c1-3-5(7)9-6(8)4-2;5-3(6,7)1(11)13-2(12)4(8,9)10/h3-4H2,1-2H3;. The molecule has 0 radical (unpaired) electrons. The monoisotopic (exact) mass is 436 g/mol. The fourth-order valence-electron chi connectivity index (χ4n) is 0.471. The van der Waals surface area contributed by atoms with Crippen molar-refractivity contribution >= 4 is 93.5 Å². The van der Waals surface area contributed by atoms with Crippen LogP contribution in [-0.4, -0.2) is 31.5 Å². The first-order valence-electron chi connectivity index (χ1n) is 5.39. The van der Waals surface area contributed by atoms with Crippen molar-refractivity contribution in [2.45, 2.75) is 34.3 Å². The summed E-state index contributed by atoms with van der Waals surface area (Å²) in [6.45, 7) is 3.29. The first kappa shape index (κ1) is 24.3. The smallest absolute Gasteiger partial charge is 0.366 e. The van der Waals surface area contributed by atoms with Crippen LogP contribution in [0.2, 0.25) is 0 Å². The molecule has 0 amide bonds. The third kappa shape index (κ3) is 12.6. The van der Waals surface area contributed by atoms with Gasteiger partial charge in [0.05, 0.1) is 0 Å². The number of ether oxygens (including phenoxy) is 2. The molecule has 0 aliphatic heterocycles. The Labute approximate surface area is 156 Å². The van der Waals surface area contributed by atoms with Crippen LogP contribution in [0.3, 0.4) is 0 Å². The van der Waals surface area contributed by atoms with Crippen molar-refractivity contribution in [3.05, 3.63) is 0 Å². The molecule has 0 aromatic rings. The molecule has 0 unspecified atom stereocenters. The number of halogens is 6. The van der Waals surface area contributed by atoms with Gasteiger partial charge in [-0.05, 0) is 0 Å². The number of rotatable bonds is 2. The van der Waals surface area contributed by atoms with Gasteiger partial charge in [-0.25, -0.2) is 9.59 Å². The molecule has 6 nitrogen and oxygen atoms in total. The molecule has 0 bridgehead atoms. The molecular weight excluding hydrogens is 429 g/mol. The van der Waals surface area contributed by atoms with Gasteiger partial charge in [-0.15, -0.1) is 0 Å². The highest BCUT2D eigenvalue weighted by Crippen LogP contribution is 2.31. The molecule has 0 atom stereocenters. The molecule has 0 aromatic carbocycles. The van der Waals surface area contributed by atoms with Crippen LogP contribution in [0.4, 0.5) is 0 Å². The molecule has 0 aliphatic carbocycles. The lowest BCUT2D eigenvalue weighted by Gasteiger charge is -2.12. The Hall–Kier alpha value is 0.0200. The van der Waals surface area contributed by atoms with E-state index in [-0.39, 0.29) is 12.8 Å². The summed E-state index contributed by atoms with van der Waals surface area (Å²) in [5.41, 5.74) is 0. The first-order valence-corrected chi connectivity index (χ1v) is 7.66. The number of alkyl halides is 6. The van der Waals surface area contributed by atoms with Crippen LogP contribution in [0.1, 0.15) is 26.7 Å². The van der Waals surface area contributed by atoms with Gasteiger partial charge in [0, 0.05) is 12.8 Å². The van der Waals surface area contributed by atoms with E-state index in [9.17, 15) is 19.2 Å². The predicted molar refractivity (Wildman–Crippen MR) is 83.4 cm³/mol. The van der Waals surface area contributed by atoms with Gasteiger partial charge < -0.3 is 9.47 Å². The van der Waals surface area contributed by atoms with Gasteiger partial charge in [-0.3, -0.25) is 9.59 Å². The lowest BCUT2D eigenvalue weighted by molar-refractivity contribution is -0.160. The SMILES string of the molecule is CCC(=O)OC(=O)CC.O=C(OC(=O)C(Cl)(Cl)Cl)C(Cl)(Cl)Cl. The Kier molecular flexibility index (Phi) is 11.8. The topological polar surface area (TPSA) is 86.7 Å². The number of carbonyl (C=O) groups is 4. The summed E-state index contributed by atoms with van der Waals surface area (Å²) in [5.74, 6) is -3.79. The van der Waals surface area contributed by atoms with E-state index in [1.54, 1.807) is 13.8 Å². The van der Waals surface area contributed by atoms with E-state index in [1.165, 1.54) is 0 Å². The quantitative estimate of drug-likeness (QED) is 0.371. The molecule has 0 saturated carbocycles. The Balaban J connectivity index is 0. The second-order valence-corrected chi connectivity index (χ2v) is 7.79. The van der Waals surface area contributed by atoms with Gasteiger partial charge in [0.25, 0.3) is 7.59 Å². The van der Waals surface area contributed by atoms with Crippen LogP contribution in [-0.2, 0) is 28.7 Å². The van der Waals surface area contributed by atoms with E-state index >= 15 is 0 Å². The molecule has 12 heteroatoms. The maximum absolute atomic E-state index is 10.7. The molecule has 22 heavy (non-hydrogen) atoms. The Morgan fingerprint density at radius 1 is 0.682 bits per heavy atom. The van der Waals surface area contributed by atoms with E-state index in [1.807, 2.05) is 0 Å². The van der Waals surface area contributed by atoms with Crippen LogP contribution >= 0.6 is 69.6 Å². The first-order chi connectivity index (χ1) is 9.75. The fourth-order valence-corrected chi connectivity index (χ4v) is 0.703. The maximum Gasteiger partial charge on any atom is 0.366 e. The normalized spacial score (nSPS) is 10.9. The van der Waals surface area contributed by atoms with E-state index in [0.717, 1.165) is 0 Å². The third-order valence-electron chi connectivity index (χ3n) is 1.45. The number of hydrogen-bond donors (Lipinski definition) is 0. The number of esters is 4. The van der Waals surface area contributed by atoms with Crippen LogP contribution in [0, 0.1) is 0 Å². The number of carbonyl (C=O) groups excluding carboxylic acids is 4. The maximum atomic E-state index is 10.7. The summed E-state index contributed by atoms with van der Waals surface area (Å²) >= 11 is 30.3. The molecule has 0 aliphatic rings. The Morgan fingerprint density at radius 3 is 1.14 bits per heavy atom. The highest BCUT2D eigenvalue weighted by molar-refractivity contribution is 6.77. The summed E-state index contributed by atoms with van der Waals surface area (Å²) in [4.78, 5) is 42.1. The van der Waals surface area contributed by atoms with Gasteiger partial charge in [-0.1, -0.05) is 83.5 Å². The van der Waals surface area contributed by atoms with Crippen molar-refractivity contribution in [3.63, 3.8) is 0 Å². The van der Waals surface area contributed by atoms with Crippen LogP contribution in [0.5, 0.6) is 0 Å². The fraction of sp³-hybridized carbons (Fsp3) is 0.600. The molecule has 0 saturated heterocycles. The molecule has 0 heterocycles. The van der Waals surface area contributed by atoms with Crippen molar-refractivity contribution in [2.75, 3.05) is 0 Å². The van der Waals surface area contributed by atoms with Crippen molar-refractivity contribution in [2.24, 2.45) is 0 Å². The van der Waals surface area contributed by atoms with Gasteiger partial charge >= 0.3 is 23.9 Å². The average Bonchev–Trinajstić information content (AvgIpc) is 2.36. The largest absolute Gasteiger partial charge is 0.393 e. The molecule has 128 valence electrons. The van der Waals surface area contributed by atoms with E-state index in [0.29, 0.717) is 0 Å². The zero-order valence-electron chi connectivity index (χ0n) is 11.1. The predicted octanol–water partition coefficient (Wildman–Crippen LogP) is 3.67. The highest BCUT2D eigenvalue weighted by Gasteiger charge is 2.40.